The Hall–Kier alpha value is -4.56. The molecule has 0 spiro atoms. The van der Waals surface area contributed by atoms with Crippen molar-refractivity contribution in [1.29, 1.82) is 0 Å². The number of rotatable bonds is 5. The quantitative estimate of drug-likeness (QED) is 0.355. The SMILES string of the molecule is CON(C)C(=O)C1=Cc2c(n(-c3ccc(F)cc3)c(=O)n2Cc2cccnc2)C=C2c3ccccc3C[C@]12C. The minimum absolute atomic E-state index is 0.248. The van der Waals surface area contributed by atoms with Crippen molar-refractivity contribution in [3.63, 3.8) is 0 Å². The fourth-order valence-electron chi connectivity index (χ4n) is 5.71. The van der Waals surface area contributed by atoms with Gasteiger partial charge in [0, 0.05) is 30.4 Å². The Morgan fingerprint density at radius 1 is 1.08 bits per heavy atom. The molecule has 0 unspecified atom stereocenters. The number of carbonyl (C=O) groups is 1. The van der Waals surface area contributed by atoms with Crippen molar-refractivity contribution >= 4 is 23.6 Å². The molecule has 0 bridgehead atoms. The lowest BCUT2D eigenvalue weighted by Gasteiger charge is -2.30. The summed E-state index contributed by atoms with van der Waals surface area (Å²) < 4.78 is 17.1. The van der Waals surface area contributed by atoms with Gasteiger partial charge in [-0.15, -0.1) is 0 Å². The van der Waals surface area contributed by atoms with Gasteiger partial charge in [-0.1, -0.05) is 37.3 Å². The zero-order valence-corrected chi connectivity index (χ0v) is 21.9. The standard InChI is InChI=1S/C31H27FN4O3/c1-31-17-21-8-4-5-9-24(21)25(31)15-28-27(16-26(31)29(37)34(2)39-3)35(19-20-7-6-14-33-18-20)30(38)36(28)23-12-10-22(32)11-13-23/h4-16,18H,17,19H2,1-3H3/t31-/m0/s1. The van der Waals surface area contributed by atoms with Crippen molar-refractivity contribution in [1.82, 2.24) is 19.2 Å². The van der Waals surface area contributed by atoms with E-state index in [0.29, 0.717) is 29.1 Å². The minimum atomic E-state index is -0.671. The number of halogens is 1. The molecular weight excluding hydrogens is 495 g/mol. The first-order valence-electron chi connectivity index (χ1n) is 12.7. The van der Waals surface area contributed by atoms with Crippen LogP contribution in [0.15, 0.2) is 83.4 Å². The first-order chi connectivity index (χ1) is 18.8. The molecule has 0 saturated carbocycles. The Kier molecular flexibility index (Phi) is 5.92. The third-order valence-corrected chi connectivity index (χ3v) is 7.76. The molecule has 8 heteroatoms. The van der Waals surface area contributed by atoms with Crippen molar-refractivity contribution in [3.8, 4) is 5.69 Å². The summed E-state index contributed by atoms with van der Waals surface area (Å²) in [5.74, 6) is -0.680. The van der Waals surface area contributed by atoms with Crippen molar-refractivity contribution < 1.29 is 14.0 Å². The van der Waals surface area contributed by atoms with E-state index in [9.17, 15) is 14.0 Å². The van der Waals surface area contributed by atoms with Gasteiger partial charge in [0.05, 0.1) is 30.7 Å². The molecular formula is C31H27FN4O3. The van der Waals surface area contributed by atoms with E-state index in [1.165, 1.54) is 24.3 Å². The number of hydrogen-bond donors (Lipinski definition) is 0. The highest BCUT2D eigenvalue weighted by Crippen LogP contribution is 2.54. The highest BCUT2D eigenvalue weighted by Gasteiger charge is 2.46. The number of hydrogen-bond acceptors (Lipinski definition) is 4. The average molecular weight is 523 g/mol. The number of amides is 1. The molecule has 1 amide bonds. The summed E-state index contributed by atoms with van der Waals surface area (Å²) in [6.07, 6.45) is 7.84. The summed E-state index contributed by atoms with van der Waals surface area (Å²) in [6.45, 7) is 2.31. The number of pyridine rings is 1. The van der Waals surface area contributed by atoms with Gasteiger partial charge in [0.15, 0.2) is 0 Å². The number of imidazole rings is 1. The normalized spacial score (nSPS) is 17.4. The Morgan fingerprint density at radius 3 is 2.56 bits per heavy atom. The third-order valence-electron chi connectivity index (χ3n) is 7.76. The molecule has 6 rings (SSSR count). The van der Waals surface area contributed by atoms with E-state index in [1.807, 2.05) is 42.5 Å². The van der Waals surface area contributed by atoms with Crippen LogP contribution >= 0.6 is 0 Å². The molecule has 0 aliphatic heterocycles. The van der Waals surface area contributed by atoms with Gasteiger partial charge < -0.3 is 0 Å². The Balaban J connectivity index is 1.70. The number of fused-ring (bicyclic) bond motifs is 4. The summed E-state index contributed by atoms with van der Waals surface area (Å²) in [5.41, 5.74) is 5.22. The van der Waals surface area contributed by atoms with Crippen molar-refractivity contribution in [2.45, 2.75) is 19.9 Å². The lowest BCUT2D eigenvalue weighted by Crippen LogP contribution is -2.34. The van der Waals surface area contributed by atoms with E-state index in [4.69, 9.17) is 4.84 Å². The lowest BCUT2D eigenvalue weighted by atomic mass is 9.75. The summed E-state index contributed by atoms with van der Waals surface area (Å²) in [5, 5.41) is 1.21. The first kappa shape index (κ1) is 24.8. The maximum Gasteiger partial charge on any atom is 0.334 e. The summed E-state index contributed by atoms with van der Waals surface area (Å²) in [6, 6.07) is 17.7. The van der Waals surface area contributed by atoms with Crippen LogP contribution in [0.25, 0.3) is 23.4 Å². The van der Waals surface area contributed by atoms with Crippen LogP contribution in [0.4, 0.5) is 4.39 Å². The fourth-order valence-corrected chi connectivity index (χ4v) is 5.71. The lowest BCUT2D eigenvalue weighted by molar-refractivity contribution is -0.164. The van der Waals surface area contributed by atoms with E-state index in [-0.39, 0.29) is 18.1 Å². The highest BCUT2D eigenvalue weighted by atomic mass is 19.1. The van der Waals surface area contributed by atoms with E-state index in [1.54, 1.807) is 40.7 Å². The zero-order chi connectivity index (χ0) is 27.3. The summed E-state index contributed by atoms with van der Waals surface area (Å²) in [7, 11) is 3.03. The molecule has 39 heavy (non-hydrogen) atoms. The Labute approximate surface area is 225 Å². The Morgan fingerprint density at radius 2 is 1.85 bits per heavy atom. The largest absolute Gasteiger partial charge is 0.334 e. The van der Waals surface area contributed by atoms with Crippen molar-refractivity contribution in [2.75, 3.05) is 14.2 Å². The van der Waals surface area contributed by atoms with Crippen LogP contribution < -0.4 is 5.69 Å². The van der Waals surface area contributed by atoms with Gasteiger partial charge in [-0.3, -0.25) is 23.8 Å². The molecule has 2 aliphatic rings. The maximum atomic E-state index is 14.1. The van der Waals surface area contributed by atoms with Crippen LogP contribution in [-0.2, 0) is 22.6 Å². The van der Waals surface area contributed by atoms with Gasteiger partial charge in [-0.2, -0.15) is 0 Å². The smallest absolute Gasteiger partial charge is 0.287 e. The van der Waals surface area contributed by atoms with Gasteiger partial charge in [0.2, 0.25) is 0 Å². The van der Waals surface area contributed by atoms with Gasteiger partial charge >= 0.3 is 5.69 Å². The van der Waals surface area contributed by atoms with Crippen LogP contribution in [0.1, 0.15) is 35.0 Å². The number of aromatic nitrogens is 3. The fraction of sp³-hybridized carbons (Fsp3) is 0.194. The number of hydroxylamine groups is 2. The van der Waals surface area contributed by atoms with E-state index >= 15 is 0 Å². The van der Waals surface area contributed by atoms with Crippen molar-refractivity contribution in [3.05, 3.63) is 123 Å². The van der Waals surface area contributed by atoms with E-state index in [0.717, 1.165) is 22.3 Å². The zero-order valence-electron chi connectivity index (χ0n) is 21.9. The first-order valence-corrected chi connectivity index (χ1v) is 12.7. The summed E-state index contributed by atoms with van der Waals surface area (Å²) >= 11 is 0. The second-order valence-corrected chi connectivity index (χ2v) is 10.1. The molecule has 4 aromatic rings. The Bertz CT molecular complexity index is 1720. The van der Waals surface area contributed by atoms with E-state index < -0.39 is 11.2 Å². The molecule has 0 radical (unpaired) electrons. The number of benzene rings is 2. The second-order valence-electron chi connectivity index (χ2n) is 10.1. The van der Waals surface area contributed by atoms with Gasteiger partial charge in [0.25, 0.3) is 5.91 Å². The third kappa shape index (κ3) is 3.95. The van der Waals surface area contributed by atoms with Crippen LogP contribution in [0.3, 0.4) is 0 Å². The molecule has 2 aliphatic carbocycles. The minimum Gasteiger partial charge on any atom is -0.287 e. The van der Waals surface area contributed by atoms with Crippen LogP contribution in [0.2, 0.25) is 0 Å². The predicted molar refractivity (Wildman–Crippen MR) is 147 cm³/mol. The van der Waals surface area contributed by atoms with E-state index in [2.05, 4.69) is 18.0 Å². The molecule has 0 saturated heterocycles. The molecule has 196 valence electrons. The van der Waals surface area contributed by atoms with Crippen LogP contribution in [-0.4, -0.2) is 39.2 Å². The number of carbonyl (C=O) groups excluding carboxylic acids is 1. The molecule has 2 heterocycles. The molecule has 7 nitrogen and oxygen atoms in total. The van der Waals surface area contributed by atoms with Gasteiger partial charge in [-0.25, -0.2) is 14.2 Å². The molecule has 0 fully saturated rings. The summed E-state index contributed by atoms with van der Waals surface area (Å²) in [4.78, 5) is 37.4. The van der Waals surface area contributed by atoms with Crippen molar-refractivity contribution in [2.24, 2.45) is 5.41 Å². The topological polar surface area (TPSA) is 69.4 Å². The average Bonchev–Trinajstić information content (AvgIpc) is 3.33. The number of nitrogens with zero attached hydrogens (tertiary/aromatic N) is 4. The molecule has 0 N–H and O–H groups in total. The maximum absolute atomic E-state index is 14.1. The van der Waals surface area contributed by atoms with Crippen LogP contribution in [0.5, 0.6) is 0 Å². The second kappa shape index (κ2) is 9.32. The van der Waals surface area contributed by atoms with Gasteiger partial charge in [0.1, 0.15) is 5.82 Å². The van der Waals surface area contributed by atoms with Crippen LogP contribution in [0, 0.1) is 11.2 Å². The number of likely N-dealkylation sites (N-methyl/N-ethyl adjacent to an activating group) is 1. The van der Waals surface area contributed by atoms with Gasteiger partial charge in [-0.05, 0) is 71.2 Å². The monoisotopic (exact) mass is 522 g/mol. The molecule has 1 atom stereocenters. The number of allylic oxidation sites excluding steroid dienone is 1. The highest BCUT2D eigenvalue weighted by molar-refractivity contribution is 6.07. The predicted octanol–water partition coefficient (Wildman–Crippen LogP) is 4.74. The molecule has 2 aromatic heterocycles. The molecule has 2 aromatic carbocycles.